The number of aliphatic imine (C=N–C) groups is 1. The third kappa shape index (κ3) is 14.2. The van der Waals surface area contributed by atoms with Crippen molar-refractivity contribution in [3.8, 4) is 0 Å². The highest BCUT2D eigenvalue weighted by Crippen LogP contribution is 2.27. The lowest BCUT2D eigenvalue weighted by atomic mass is 9.85. The van der Waals surface area contributed by atoms with Gasteiger partial charge >= 0.3 is 0 Å². The number of carbonyl (C=O) groups excluding carboxylic acids is 1. The third-order valence-corrected chi connectivity index (χ3v) is 8.63. The minimum Gasteiger partial charge on any atom is -0.372 e. The van der Waals surface area contributed by atoms with Gasteiger partial charge in [-0.1, -0.05) is 96.2 Å². The summed E-state index contributed by atoms with van der Waals surface area (Å²) in [6.07, 6.45) is 6.70. The van der Waals surface area contributed by atoms with Crippen LogP contribution >= 0.6 is 0 Å². The van der Waals surface area contributed by atoms with Crippen molar-refractivity contribution in [1.82, 2.24) is 10.2 Å². The van der Waals surface area contributed by atoms with Crippen LogP contribution in [-0.2, 0) is 6.54 Å². The molecule has 2 N–H and O–H groups in total. The maximum atomic E-state index is 10.1. The summed E-state index contributed by atoms with van der Waals surface area (Å²) in [5.74, 6) is 2.63. The largest absolute Gasteiger partial charge is 0.372 e. The average Bonchev–Trinajstić information content (AvgIpc) is 3.00. The van der Waals surface area contributed by atoms with Crippen molar-refractivity contribution in [1.29, 1.82) is 0 Å². The number of hydrogen-bond acceptors (Lipinski definition) is 4. The van der Waals surface area contributed by atoms with E-state index in [9.17, 15) is 4.79 Å². The Kier molecular flexibility index (Phi) is 16.9. The maximum absolute atomic E-state index is 10.1. The highest BCUT2D eigenvalue weighted by molar-refractivity contribution is 5.94. The van der Waals surface area contributed by atoms with Gasteiger partial charge in [0.05, 0.1) is 5.84 Å². The Morgan fingerprint density at radius 3 is 2.33 bits per heavy atom. The van der Waals surface area contributed by atoms with Crippen LogP contribution in [0.25, 0.3) is 0 Å². The first-order valence-electron chi connectivity index (χ1n) is 15.9. The van der Waals surface area contributed by atoms with E-state index >= 15 is 0 Å². The minimum absolute atomic E-state index is 0.275. The van der Waals surface area contributed by atoms with Gasteiger partial charge in [0, 0.05) is 49.7 Å². The Bertz CT molecular complexity index is 1160. The van der Waals surface area contributed by atoms with E-state index in [1.807, 2.05) is 44.2 Å². The Morgan fingerprint density at radius 2 is 1.79 bits per heavy atom. The van der Waals surface area contributed by atoms with Crippen LogP contribution in [-0.4, -0.2) is 43.2 Å². The number of likely N-dealkylation sites (tertiary alicyclic amines) is 1. The summed E-state index contributed by atoms with van der Waals surface area (Å²) >= 11 is 0. The van der Waals surface area contributed by atoms with E-state index in [2.05, 4.69) is 100 Å². The monoisotopic (exact) mass is 588 g/mol. The van der Waals surface area contributed by atoms with Crippen LogP contribution in [0.5, 0.6) is 0 Å². The molecule has 1 aliphatic heterocycles. The number of nitrogens with one attached hydrogen (secondary N) is 2. The zero-order valence-corrected chi connectivity index (χ0v) is 28.9. The van der Waals surface area contributed by atoms with E-state index in [1.54, 1.807) is 7.05 Å². The van der Waals surface area contributed by atoms with Crippen LogP contribution < -0.4 is 10.6 Å². The number of hydrogen-bond donors (Lipinski definition) is 2. The number of rotatable bonds is 9. The second-order valence-corrected chi connectivity index (χ2v) is 13.0. The number of carbonyl (C=O) groups is 1. The first-order valence-corrected chi connectivity index (χ1v) is 15.9. The number of aldehydes is 1. The normalized spacial score (nSPS) is 16.5. The molecule has 1 fully saturated rings. The SMILES string of the molecule is C=CC(=C)N1CCCC(C(C)CC)C1.CN=C(C)Nc1cc(CN[C@@H](C)C(C)(C)C)ccc1C.Cc1ccc(C=O)cc1. The molecule has 0 bridgehead atoms. The first kappa shape index (κ1) is 37.8. The predicted molar refractivity (Wildman–Crippen MR) is 189 cm³/mol. The number of nitrogens with zero attached hydrogens (tertiary/aromatic N) is 2. The summed E-state index contributed by atoms with van der Waals surface area (Å²) in [4.78, 5) is 16.7. The number of aryl methyl sites for hydroxylation is 2. The number of allylic oxidation sites excluding steroid dienone is 1. The smallest absolute Gasteiger partial charge is 0.150 e. The van der Waals surface area contributed by atoms with Gasteiger partial charge in [0.25, 0.3) is 0 Å². The van der Waals surface area contributed by atoms with E-state index in [1.165, 1.54) is 42.5 Å². The van der Waals surface area contributed by atoms with E-state index in [0.717, 1.165) is 54.0 Å². The van der Waals surface area contributed by atoms with Crippen LogP contribution in [0, 0.1) is 31.1 Å². The number of piperidine rings is 1. The second-order valence-electron chi connectivity index (χ2n) is 13.0. The molecule has 3 rings (SSSR count). The fraction of sp³-hybridized carbons (Fsp3) is 0.526. The molecular formula is C38H60N4O. The summed E-state index contributed by atoms with van der Waals surface area (Å²) in [5.41, 5.74) is 6.95. The van der Waals surface area contributed by atoms with Crippen molar-refractivity contribution >= 4 is 17.8 Å². The van der Waals surface area contributed by atoms with Gasteiger partial charge < -0.3 is 15.5 Å². The molecule has 1 aliphatic rings. The highest BCUT2D eigenvalue weighted by atomic mass is 16.1. The Hall–Kier alpha value is -3.18. The topological polar surface area (TPSA) is 56.7 Å². The van der Waals surface area contributed by atoms with Crippen LogP contribution in [0.1, 0.15) is 94.8 Å². The van der Waals surface area contributed by atoms with Gasteiger partial charge in [0.1, 0.15) is 6.29 Å². The zero-order valence-electron chi connectivity index (χ0n) is 28.9. The van der Waals surface area contributed by atoms with Crippen molar-refractivity contribution < 1.29 is 4.79 Å². The molecule has 0 amide bonds. The third-order valence-electron chi connectivity index (χ3n) is 8.63. The fourth-order valence-electron chi connectivity index (χ4n) is 4.58. The molecule has 3 atom stereocenters. The molecule has 0 radical (unpaired) electrons. The summed E-state index contributed by atoms with van der Waals surface area (Å²) < 4.78 is 0. The van der Waals surface area contributed by atoms with Gasteiger partial charge in [0.2, 0.25) is 0 Å². The molecule has 1 saturated heterocycles. The maximum Gasteiger partial charge on any atom is 0.150 e. The average molecular weight is 589 g/mol. The molecule has 1 heterocycles. The van der Waals surface area contributed by atoms with Gasteiger partial charge in [-0.3, -0.25) is 9.79 Å². The van der Waals surface area contributed by atoms with E-state index in [0.29, 0.717) is 6.04 Å². The standard InChI is InChI=1S/C17H29N3.C13H23N.C8H8O/c1-12-8-9-15(10-16(12)20-14(3)18-7)11-19-13(2)17(4,5)6;1-5-11(3)13-8-7-9-14(10-13)12(4)6-2;1-7-2-4-8(6-9)5-3-7/h8-10,13,19H,11H2,1-7H3,(H,18,20);6,11,13H,2,4-5,7-10H2,1,3H3;2-6H,1H3/t13-;;/m0../s1. The van der Waals surface area contributed by atoms with Crippen molar-refractivity contribution in [2.24, 2.45) is 22.2 Å². The van der Waals surface area contributed by atoms with E-state index < -0.39 is 0 Å². The van der Waals surface area contributed by atoms with Crippen LogP contribution in [0.3, 0.4) is 0 Å². The minimum atomic E-state index is 0.275. The van der Waals surface area contributed by atoms with Gasteiger partial charge in [-0.25, -0.2) is 0 Å². The van der Waals surface area contributed by atoms with E-state index in [-0.39, 0.29) is 5.41 Å². The number of benzene rings is 2. The summed E-state index contributed by atoms with van der Waals surface area (Å²) in [6.45, 7) is 30.8. The molecule has 2 aromatic carbocycles. The van der Waals surface area contributed by atoms with Crippen molar-refractivity contribution in [3.63, 3.8) is 0 Å². The van der Waals surface area contributed by atoms with Crippen LogP contribution in [0.15, 0.2) is 72.4 Å². The fourth-order valence-corrected chi connectivity index (χ4v) is 4.58. The molecule has 0 aliphatic carbocycles. The van der Waals surface area contributed by atoms with Crippen molar-refractivity contribution in [3.05, 3.63) is 89.6 Å². The summed E-state index contributed by atoms with van der Waals surface area (Å²) in [6, 6.07) is 14.5. The number of amidine groups is 1. The highest BCUT2D eigenvalue weighted by Gasteiger charge is 2.23. The first-order chi connectivity index (χ1) is 20.2. The molecule has 238 valence electrons. The van der Waals surface area contributed by atoms with Crippen molar-refractivity contribution in [2.45, 2.75) is 94.2 Å². The summed E-state index contributed by atoms with van der Waals surface area (Å²) in [5, 5.41) is 6.94. The van der Waals surface area contributed by atoms with Gasteiger partial charge in [-0.15, -0.1) is 0 Å². The molecule has 0 saturated carbocycles. The molecule has 0 aromatic heterocycles. The molecular weight excluding hydrogens is 528 g/mol. The zero-order chi connectivity index (χ0) is 32.6. The van der Waals surface area contributed by atoms with Crippen LogP contribution in [0.4, 0.5) is 5.69 Å². The molecule has 5 nitrogen and oxygen atoms in total. The van der Waals surface area contributed by atoms with Crippen molar-refractivity contribution in [2.75, 3.05) is 25.5 Å². The molecule has 2 unspecified atom stereocenters. The molecule has 43 heavy (non-hydrogen) atoms. The lowest BCUT2D eigenvalue weighted by molar-refractivity contribution is 0.112. The Morgan fingerprint density at radius 1 is 1.14 bits per heavy atom. The van der Waals surface area contributed by atoms with Crippen LogP contribution in [0.2, 0.25) is 0 Å². The predicted octanol–water partition coefficient (Wildman–Crippen LogP) is 9.23. The van der Waals surface area contributed by atoms with E-state index in [4.69, 9.17) is 0 Å². The molecule has 0 spiro atoms. The van der Waals surface area contributed by atoms with Gasteiger partial charge in [-0.2, -0.15) is 0 Å². The lowest BCUT2D eigenvalue weighted by Crippen LogP contribution is -2.37. The second kappa shape index (κ2) is 19.2. The lowest BCUT2D eigenvalue weighted by Gasteiger charge is -2.37. The Balaban J connectivity index is 0.000000348. The molecule has 2 aromatic rings. The summed E-state index contributed by atoms with van der Waals surface area (Å²) in [7, 11) is 1.80. The Labute approximate surface area is 264 Å². The van der Waals surface area contributed by atoms with Gasteiger partial charge in [0.15, 0.2) is 0 Å². The quantitative estimate of drug-likeness (QED) is 0.133. The van der Waals surface area contributed by atoms with Gasteiger partial charge in [-0.05, 0) is 81.1 Å². The molecule has 5 heteroatoms. The number of anilines is 1.